The number of carbonyl (C=O) groups is 2. The number of aldehydes is 1. The van der Waals surface area contributed by atoms with E-state index in [0.29, 0.717) is 6.42 Å². The Morgan fingerprint density at radius 1 is 1.64 bits per heavy atom. The van der Waals surface area contributed by atoms with Crippen LogP contribution in [-0.4, -0.2) is 29.4 Å². The Morgan fingerprint density at radius 2 is 2.45 bits per heavy atom. The van der Waals surface area contributed by atoms with Gasteiger partial charge in [-0.1, -0.05) is 0 Å². The molecule has 3 nitrogen and oxygen atoms in total. The van der Waals surface area contributed by atoms with E-state index in [1.165, 1.54) is 0 Å². The summed E-state index contributed by atoms with van der Waals surface area (Å²) in [5.74, 6) is 0.803. The van der Waals surface area contributed by atoms with E-state index in [-0.39, 0.29) is 23.2 Å². The van der Waals surface area contributed by atoms with E-state index in [1.54, 1.807) is 11.8 Å². The van der Waals surface area contributed by atoms with Crippen molar-refractivity contribution in [3.05, 3.63) is 0 Å². The lowest BCUT2D eigenvalue weighted by Gasteiger charge is -2.06. The summed E-state index contributed by atoms with van der Waals surface area (Å²) in [7, 11) is 0. The Kier molecular flexibility index (Phi) is 1.64. The lowest BCUT2D eigenvalue weighted by molar-refractivity contribution is -0.140. The molecule has 2 heterocycles. The first kappa shape index (κ1) is 7.16. The maximum Gasteiger partial charge on any atom is 0.306 e. The summed E-state index contributed by atoms with van der Waals surface area (Å²) in [4.78, 5) is 21.2. The van der Waals surface area contributed by atoms with Crippen molar-refractivity contribution < 1.29 is 14.3 Å². The van der Waals surface area contributed by atoms with Gasteiger partial charge in [-0.3, -0.25) is 4.79 Å². The smallest absolute Gasteiger partial charge is 0.306 e. The molecule has 0 aromatic carbocycles. The van der Waals surface area contributed by atoms with Gasteiger partial charge in [-0.05, 0) is 0 Å². The van der Waals surface area contributed by atoms with Gasteiger partial charge in [0.25, 0.3) is 0 Å². The Balaban J connectivity index is 2.12. The molecule has 0 aromatic rings. The normalized spacial score (nSPS) is 41.8. The van der Waals surface area contributed by atoms with Crippen molar-refractivity contribution in [2.24, 2.45) is 5.92 Å². The van der Waals surface area contributed by atoms with Crippen molar-refractivity contribution in [2.45, 2.75) is 17.8 Å². The minimum Gasteiger partial charge on any atom is -0.461 e. The first-order chi connectivity index (χ1) is 5.31. The molecule has 60 valence electrons. The van der Waals surface area contributed by atoms with Crippen molar-refractivity contribution in [1.82, 2.24) is 0 Å². The fraction of sp³-hybridized carbons (Fsp3) is 0.714. The summed E-state index contributed by atoms with van der Waals surface area (Å²) in [6.45, 7) is 0. The van der Waals surface area contributed by atoms with Crippen LogP contribution in [0.3, 0.4) is 0 Å². The second-order valence-corrected chi connectivity index (χ2v) is 4.04. The Bertz CT molecular complexity index is 204. The lowest BCUT2D eigenvalue weighted by atomic mass is 10.00. The van der Waals surface area contributed by atoms with Crippen LogP contribution in [0.4, 0.5) is 0 Å². The van der Waals surface area contributed by atoms with E-state index in [0.717, 1.165) is 12.0 Å². The minimum atomic E-state index is -0.146. The van der Waals surface area contributed by atoms with E-state index in [4.69, 9.17) is 4.74 Å². The van der Waals surface area contributed by atoms with Crippen LogP contribution in [0.25, 0.3) is 0 Å². The average Bonchev–Trinajstić information content (AvgIpc) is 2.45. The van der Waals surface area contributed by atoms with Crippen molar-refractivity contribution in [3.8, 4) is 0 Å². The van der Waals surface area contributed by atoms with Gasteiger partial charge in [0.05, 0.1) is 11.7 Å². The highest BCUT2D eigenvalue weighted by Crippen LogP contribution is 2.39. The fourth-order valence-corrected chi connectivity index (χ4v) is 2.91. The second kappa shape index (κ2) is 2.52. The number of ether oxygens (including phenoxy) is 1. The molecule has 0 N–H and O–H groups in total. The molecular formula is C7H8O3S. The number of fused-ring (bicyclic) bond motifs is 1. The zero-order valence-corrected chi connectivity index (χ0v) is 6.67. The topological polar surface area (TPSA) is 43.4 Å². The molecule has 11 heavy (non-hydrogen) atoms. The highest BCUT2D eigenvalue weighted by Gasteiger charge is 2.45. The SMILES string of the molecule is O=C[C@@H]1SC[C@@H]2OC(=O)C[C@@H]21. The minimum absolute atomic E-state index is 0.00792. The molecule has 2 aliphatic rings. The summed E-state index contributed by atoms with van der Waals surface area (Å²) >= 11 is 1.59. The molecule has 2 rings (SSSR count). The Hall–Kier alpha value is -0.510. The van der Waals surface area contributed by atoms with Crippen LogP contribution in [0, 0.1) is 5.92 Å². The highest BCUT2D eigenvalue weighted by atomic mass is 32.2. The molecule has 2 saturated heterocycles. The van der Waals surface area contributed by atoms with E-state index < -0.39 is 0 Å². The van der Waals surface area contributed by atoms with Gasteiger partial charge in [-0.25, -0.2) is 0 Å². The lowest BCUT2D eigenvalue weighted by Crippen LogP contribution is -2.19. The maximum absolute atomic E-state index is 10.8. The summed E-state index contributed by atoms with van der Waals surface area (Å²) in [5.41, 5.74) is 0. The molecule has 0 amide bonds. The van der Waals surface area contributed by atoms with Gasteiger partial charge in [0, 0.05) is 11.7 Å². The largest absolute Gasteiger partial charge is 0.461 e. The molecule has 4 heteroatoms. The van der Waals surface area contributed by atoms with Crippen molar-refractivity contribution in [3.63, 3.8) is 0 Å². The number of thioether (sulfide) groups is 1. The molecule has 0 radical (unpaired) electrons. The second-order valence-electron chi connectivity index (χ2n) is 2.83. The maximum atomic E-state index is 10.8. The molecule has 0 bridgehead atoms. The predicted octanol–water partition coefficient (Wildman–Crippen LogP) is 0.232. The molecule has 2 fully saturated rings. The summed E-state index contributed by atoms with van der Waals surface area (Å²) in [6.07, 6.45) is 1.38. The van der Waals surface area contributed by atoms with Gasteiger partial charge >= 0.3 is 5.97 Å². The van der Waals surface area contributed by atoms with Crippen LogP contribution in [-0.2, 0) is 14.3 Å². The predicted molar refractivity (Wildman–Crippen MR) is 40.3 cm³/mol. The number of carbonyl (C=O) groups excluding carboxylic acids is 2. The summed E-state index contributed by atoms with van der Waals surface area (Å²) in [6, 6.07) is 0. The van der Waals surface area contributed by atoms with E-state index in [9.17, 15) is 9.59 Å². The van der Waals surface area contributed by atoms with Crippen LogP contribution in [0.15, 0.2) is 0 Å². The van der Waals surface area contributed by atoms with Gasteiger partial charge in [0.15, 0.2) is 0 Å². The standard InChI is InChI=1S/C7H8O3S/c8-2-6-4-1-7(9)10-5(4)3-11-6/h2,4-6H,1,3H2/t4-,5-,6-/m0/s1. The molecule has 0 aliphatic carbocycles. The molecular weight excluding hydrogens is 164 g/mol. The molecule has 3 atom stereocenters. The number of hydrogen-bond donors (Lipinski definition) is 0. The molecule has 0 spiro atoms. The number of hydrogen-bond acceptors (Lipinski definition) is 4. The molecule has 0 aromatic heterocycles. The molecule has 0 unspecified atom stereocenters. The zero-order valence-electron chi connectivity index (χ0n) is 5.86. The van der Waals surface area contributed by atoms with Crippen LogP contribution < -0.4 is 0 Å². The van der Waals surface area contributed by atoms with Gasteiger partial charge < -0.3 is 9.53 Å². The van der Waals surface area contributed by atoms with Crippen LogP contribution in [0.1, 0.15) is 6.42 Å². The van der Waals surface area contributed by atoms with E-state index >= 15 is 0 Å². The third-order valence-electron chi connectivity index (χ3n) is 2.17. The number of rotatable bonds is 1. The summed E-state index contributed by atoms with van der Waals surface area (Å²) in [5, 5.41) is -0.00792. The Labute approximate surface area is 68.5 Å². The van der Waals surface area contributed by atoms with E-state index in [2.05, 4.69) is 0 Å². The number of esters is 1. The Morgan fingerprint density at radius 3 is 3.18 bits per heavy atom. The van der Waals surface area contributed by atoms with Gasteiger partial charge in [0.1, 0.15) is 12.4 Å². The van der Waals surface area contributed by atoms with Crippen LogP contribution in [0.5, 0.6) is 0 Å². The quantitative estimate of drug-likeness (QED) is 0.419. The highest BCUT2D eigenvalue weighted by molar-refractivity contribution is 8.00. The average molecular weight is 172 g/mol. The van der Waals surface area contributed by atoms with Crippen molar-refractivity contribution >= 4 is 24.0 Å². The van der Waals surface area contributed by atoms with Crippen LogP contribution in [0.2, 0.25) is 0 Å². The first-order valence-corrected chi connectivity index (χ1v) is 4.62. The van der Waals surface area contributed by atoms with Gasteiger partial charge in [-0.2, -0.15) is 0 Å². The van der Waals surface area contributed by atoms with Gasteiger partial charge in [0.2, 0.25) is 0 Å². The van der Waals surface area contributed by atoms with Gasteiger partial charge in [-0.15, -0.1) is 11.8 Å². The third kappa shape index (κ3) is 1.05. The molecule has 2 aliphatic heterocycles. The summed E-state index contributed by atoms with van der Waals surface area (Å²) < 4.78 is 5.00. The van der Waals surface area contributed by atoms with Crippen molar-refractivity contribution in [2.75, 3.05) is 5.75 Å². The monoisotopic (exact) mass is 172 g/mol. The fourth-order valence-electron chi connectivity index (χ4n) is 1.58. The molecule has 0 saturated carbocycles. The third-order valence-corrected chi connectivity index (χ3v) is 3.54. The van der Waals surface area contributed by atoms with Crippen molar-refractivity contribution in [1.29, 1.82) is 0 Å². The van der Waals surface area contributed by atoms with Crippen LogP contribution >= 0.6 is 11.8 Å². The zero-order chi connectivity index (χ0) is 7.84. The van der Waals surface area contributed by atoms with E-state index in [1.807, 2.05) is 0 Å². The first-order valence-electron chi connectivity index (χ1n) is 3.57.